The fourth-order valence-electron chi connectivity index (χ4n) is 3.83. The molecule has 0 radical (unpaired) electrons. The highest BCUT2D eigenvalue weighted by molar-refractivity contribution is 6.06. The zero-order chi connectivity index (χ0) is 19.1. The standard InChI is InChI=1S/C21H25N5O/c1-12-7-13(2)20(16(8-12)17-9-14(3)24-25-17)23-21(27)15-5-6-19-18(10-15)22-11-26(19)4/h5-8,10-11,14,17,24-25H,9H2,1-4H3,(H,23,27). The highest BCUT2D eigenvalue weighted by Crippen LogP contribution is 2.32. The van der Waals surface area contributed by atoms with Crippen LogP contribution in [0.15, 0.2) is 36.7 Å². The van der Waals surface area contributed by atoms with Gasteiger partial charge < -0.3 is 9.88 Å². The van der Waals surface area contributed by atoms with E-state index in [0.717, 1.165) is 34.3 Å². The van der Waals surface area contributed by atoms with Crippen LogP contribution < -0.4 is 16.2 Å². The number of amides is 1. The van der Waals surface area contributed by atoms with Crippen molar-refractivity contribution in [1.82, 2.24) is 20.4 Å². The number of rotatable bonds is 3. The molecule has 1 aliphatic rings. The highest BCUT2D eigenvalue weighted by Gasteiger charge is 2.25. The number of benzene rings is 2. The van der Waals surface area contributed by atoms with Crippen molar-refractivity contribution in [3.05, 3.63) is 58.9 Å². The van der Waals surface area contributed by atoms with Crippen LogP contribution in [-0.2, 0) is 7.05 Å². The molecule has 6 nitrogen and oxygen atoms in total. The van der Waals surface area contributed by atoms with E-state index >= 15 is 0 Å². The molecule has 0 saturated carbocycles. The molecule has 27 heavy (non-hydrogen) atoms. The van der Waals surface area contributed by atoms with Crippen LogP contribution in [0.2, 0.25) is 0 Å². The van der Waals surface area contributed by atoms with Gasteiger partial charge in [-0.1, -0.05) is 17.7 Å². The fraction of sp³-hybridized carbons (Fsp3) is 0.333. The Hall–Kier alpha value is -2.70. The third-order valence-corrected chi connectivity index (χ3v) is 5.21. The molecule has 6 heteroatoms. The van der Waals surface area contributed by atoms with Gasteiger partial charge in [0.1, 0.15) is 0 Å². The smallest absolute Gasteiger partial charge is 0.255 e. The number of imidazole rings is 1. The number of anilines is 1. The Kier molecular flexibility index (Phi) is 4.45. The average Bonchev–Trinajstić information content (AvgIpc) is 3.22. The normalized spacial score (nSPS) is 19.6. The molecule has 1 aromatic heterocycles. The van der Waals surface area contributed by atoms with Gasteiger partial charge in [0, 0.05) is 30.4 Å². The molecule has 4 rings (SSSR count). The van der Waals surface area contributed by atoms with Gasteiger partial charge in [-0.3, -0.25) is 10.2 Å². The van der Waals surface area contributed by atoms with Crippen molar-refractivity contribution in [2.75, 3.05) is 5.32 Å². The van der Waals surface area contributed by atoms with Gasteiger partial charge in [0.05, 0.1) is 17.4 Å². The minimum atomic E-state index is -0.116. The predicted molar refractivity (Wildman–Crippen MR) is 108 cm³/mol. The van der Waals surface area contributed by atoms with Crippen LogP contribution in [0.1, 0.15) is 46.4 Å². The first-order chi connectivity index (χ1) is 12.9. The number of nitrogens with zero attached hydrogens (tertiary/aromatic N) is 2. The lowest BCUT2D eigenvalue weighted by Crippen LogP contribution is -2.29. The number of aromatic nitrogens is 2. The van der Waals surface area contributed by atoms with Gasteiger partial charge in [0.25, 0.3) is 5.91 Å². The third-order valence-electron chi connectivity index (χ3n) is 5.21. The van der Waals surface area contributed by atoms with Crippen molar-refractivity contribution in [1.29, 1.82) is 0 Å². The van der Waals surface area contributed by atoms with E-state index in [1.807, 2.05) is 36.7 Å². The molecular formula is C21H25N5O. The van der Waals surface area contributed by atoms with E-state index in [1.54, 1.807) is 6.33 Å². The molecule has 2 unspecified atom stereocenters. The van der Waals surface area contributed by atoms with E-state index in [2.05, 4.69) is 47.1 Å². The Morgan fingerprint density at radius 2 is 2.04 bits per heavy atom. The average molecular weight is 363 g/mol. The number of hydrogen-bond acceptors (Lipinski definition) is 4. The van der Waals surface area contributed by atoms with Crippen molar-refractivity contribution in [2.24, 2.45) is 7.05 Å². The molecule has 3 N–H and O–H groups in total. The molecule has 0 aliphatic carbocycles. The molecule has 1 aliphatic heterocycles. The topological polar surface area (TPSA) is 71.0 Å². The van der Waals surface area contributed by atoms with Crippen molar-refractivity contribution in [2.45, 2.75) is 39.3 Å². The van der Waals surface area contributed by atoms with Crippen molar-refractivity contribution in [3.63, 3.8) is 0 Å². The number of fused-ring (bicyclic) bond motifs is 1. The summed E-state index contributed by atoms with van der Waals surface area (Å²) in [7, 11) is 1.95. The van der Waals surface area contributed by atoms with E-state index in [-0.39, 0.29) is 11.9 Å². The summed E-state index contributed by atoms with van der Waals surface area (Å²) >= 11 is 0. The van der Waals surface area contributed by atoms with E-state index in [9.17, 15) is 4.79 Å². The summed E-state index contributed by atoms with van der Waals surface area (Å²) in [5.74, 6) is -0.116. The first-order valence-corrected chi connectivity index (χ1v) is 9.27. The van der Waals surface area contributed by atoms with E-state index in [1.165, 1.54) is 5.56 Å². The second-order valence-electron chi connectivity index (χ2n) is 7.54. The Bertz CT molecular complexity index is 1020. The molecule has 0 spiro atoms. The molecule has 2 aromatic carbocycles. The number of nitrogens with one attached hydrogen (secondary N) is 3. The van der Waals surface area contributed by atoms with Crippen molar-refractivity contribution < 1.29 is 4.79 Å². The van der Waals surface area contributed by atoms with Crippen LogP contribution in [0.5, 0.6) is 0 Å². The monoisotopic (exact) mass is 363 g/mol. The summed E-state index contributed by atoms with van der Waals surface area (Å²) in [6.45, 7) is 6.28. The van der Waals surface area contributed by atoms with Crippen LogP contribution in [0.25, 0.3) is 11.0 Å². The molecule has 2 atom stereocenters. The molecule has 2 heterocycles. The molecule has 1 amide bonds. The van der Waals surface area contributed by atoms with Crippen molar-refractivity contribution >= 4 is 22.6 Å². The summed E-state index contributed by atoms with van der Waals surface area (Å²) < 4.78 is 1.94. The van der Waals surface area contributed by atoms with Crippen LogP contribution in [-0.4, -0.2) is 21.5 Å². The maximum absolute atomic E-state index is 13.0. The van der Waals surface area contributed by atoms with Gasteiger partial charge in [-0.15, -0.1) is 0 Å². The summed E-state index contributed by atoms with van der Waals surface area (Å²) in [5.41, 5.74) is 13.3. The molecule has 1 fully saturated rings. The SMILES string of the molecule is Cc1cc(C)c(NC(=O)c2ccc3c(c2)ncn3C)c(C2CC(C)NN2)c1. The number of carbonyl (C=O) groups excluding carboxylic acids is 1. The number of aryl methyl sites for hydroxylation is 3. The number of hydrazine groups is 1. The second-order valence-corrected chi connectivity index (χ2v) is 7.54. The summed E-state index contributed by atoms with van der Waals surface area (Å²) in [4.78, 5) is 17.3. The predicted octanol–water partition coefficient (Wildman–Crippen LogP) is 3.37. The first-order valence-electron chi connectivity index (χ1n) is 9.27. The van der Waals surface area contributed by atoms with Gasteiger partial charge in [0.2, 0.25) is 0 Å². The molecular weight excluding hydrogens is 338 g/mol. The number of carbonyl (C=O) groups is 1. The van der Waals surface area contributed by atoms with Gasteiger partial charge >= 0.3 is 0 Å². The summed E-state index contributed by atoms with van der Waals surface area (Å²) in [5, 5.41) is 3.14. The maximum Gasteiger partial charge on any atom is 0.255 e. The largest absolute Gasteiger partial charge is 0.334 e. The lowest BCUT2D eigenvalue weighted by Gasteiger charge is -2.19. The number of hydrogen-bond donors (Lipinski definition) is 3. The minimum absolute atomic E-state index is 0.116. The molecule has 140 valence electrons. The Morgan fingerprint density at radius 1 is 1.22 bits per heavy atom. The molecule has 3 aromatic rings. The van der Waals surface area contributed by atoms with E-state index in [0.29, 0.717) is 11.6 Å². The molecule has 0 bridgehead atoms. The quantitative estimate of drug-likeness (QED) is 0.667. The van der Waals surface area contributed by atoms with Crippen LogP contribution >= 0.6 is 0 Å². The third kappa shape index (κ3) is 3.34. The zero-order valence-electron chi connectivity index (χ0n) is 16.1. The second kappa shape index (κ2) is 6.79. The Labute approximate surface area is 159 Å². The Morgan fingerprint density at radius 3 is 2.78 bits per heavy atom. The Balaban J connectivity index is 1.67. The van der Waals surface area contributed by atoms with E-state index in [4.69, 9.17) is 0 Å². The molecule has 1 saturated heterocycles. The summed E-state index contributed by atoms with van der Waals surface area (Å²) in [6.07, 6.45) is 2.74. The van der Waals surface area contributed by atoms with Crippen LogP contribution in [0.4, 0.5) is 5.69 Å². The van der Waals surface area contributed by atoms with Crippen LogP contribution in [0.3, 0.4) is 0 Å². The van der Waals surface area contributed by atoms with Crippen LogP contribution in [0, 0.1) is 13.8 Å². The lowest BCUT2D eigenvalue weighted by atomic mass is 9.95. The van der Waals surface area contributed by atoms with Gasteiger partial charge in [-0.2, -0.15) is 0 Å². The van der Waals surface area contributed by atoms with E-state index < -0.39 is 0 Å². The maximum atomic E-state index is 13.0. The van der Waals surface area contributed by atoms with Crippen molar-refractivity contribution in [3.8, 4) is 0 Å². The zero-order valence-corrected chi connectivity index (χ0v) is 16.1. The first kappa shape index (κ1) is 17.7. The fourth-order valence-corrected chi connectivity index (χ4v) is 3.83. The van der Waals surface area contributed by atoms with Gasteiger partial charge in [-0.05, 0) is 56.5 Å². The van der Waals surface area contributed by atoms with Gasteiger partial charge in [-0.25, -0.2) is 10.4 Å². The van der Waals surface area contributed by atoms with Gasteiger partial charge in [0.15, 0.2) is 0 Å². The summed E-state index contributed by atoms with van der Waals surface area (Å²) in [6, 6.07) is 10.4. The minimum Gasteiger partial charge on any atom is -0.334 e. The highest BCUT2D eigenvalue weighted by atomic mass is 16.1. The lowest BCUT2D eigenvalue weighted by molar-refractivity contribution is 0.102.